The van der Waals surface area contributed by atoms with Gasteiger partial charge in [0, 0.05) is 5.92 Å². The van der Waals surface area contributed by atoms with Crippen LogP contribution in [-0.2, 0) is 10.3 Å². The van der Waals surface area contributed by atoms with Gasteiger partial charge in [0.2, 0.25) is 0 Å². The Morgan fingerprint density at radius 2 is 1.69 bits per heavy atom. The lowest BCUT2D eigenvalue weighted by Gasteiger charge is -2.44. The van der Waals surface area contributed by atoms with Gasteiger partial charge in [-0.1, -0.05) is 81.1 Å². The molecule has 2 unspecified atom stereocenters. The van der Waals surface area contributed by atoms with Crippen LogP contribution < -0.4 is 0 Å². The second kappa shape index (κ2) is 9.02. The molecule has 0 radical (unpaired) electrons. The molecule has 1 fully saturated rings. The maximum atomic E-state index is 12.9. The second-order valence-electron chi connectivity index (χ2n) is 7.45. The van der Waals surface area contributed by atoms with Crippen LogP contribution in [0.1, 0.15) is 74.2 Å². The van der Waals surface area contributed by atoms with Crippen molar-refractivity contribution >= 4 is 5.97 Å². The van der Waals surface area contributed by atoms with Crippen LogP contribution in [0.15, 0.2) is 60.7 Å². The number of hydrogen-bond acceptors (Lipinski definition) is 2. The minimum absolute atomic E-state index is 0.197. The van der Waals surface area contributed by atoms with Crippen molar-refractivity contribution in [3.05, 3.63) is 71.8 Å². The Morgan fingerprint density at radius 3 is 2.38 bits per heavy atom. The third kappa shape index (κ3) is 4.17. The Kier molecular flexibility index (Phi) is 6.49. The monoisotopic (exact) mass is 350 g/mol. The molecule has 0 amide bonds. The van der Waals surface area contributed by atoms with Gasteiger partial charge in [0.15, 0.2) is 0 Å². The summed E-state index contributed by atoms with van der Waals surface area (Å²) in [6.45, 7) is 2.24. The smallest absolute Gasteiger partial charge is 0.339 e. The van der Waals surface area contributed by atoms with Gasteiger partial charge in [-0.05, 0) is 43.4 Å². The molecule has 0 spiro atoms. The molecule has 0 N–H and O–H groups in total. The van der Waals surface area contributed by atoms with Crippen LogP contribution in [0, 0.1) is 5.92 Å². The number of ether oxygens (including phenoxy) is 1. The van der Waals surface area contributed by atoms with Crippen molar-refractivity contribution in [3.63, 3.8) is 0 Å². The number of hydrogen-bond donors (Lipinski definition) is 0. The summed E-state index contributed by atoms with van der Waals surface area (Å²) < 4.78 is 6.36. The Hall–Kier alpha value is -2.09. The summed E-state index contributed by atoms with van der Waals surface area (Å²) >= 11 is 0. The minimum atomic E-state index is -0.486. The molecule has 3 rings (SSSR count). The van der Waals surface area contributed by atoms with Gasteiger partial charge in [0.1, 0.15) is 5.60 Å². The second-order valence-corrected chi connectivity index (χ2v) is 7.45. The van der Waals surface area contributed by atoms with Crippen LogP contribution in [0.4, 0.5) is 0 Å². The van der Waals surface area contributed by atoms with Crippen molar-refractivity contribution in [3.8, 4) is 0 Å². The normalized spacial score (nSPS) is 22.7. The molecule has 0 aliphatic heterocycles. The molecular weight excluding hydrogens is 320 g/mol. The fourth-order valence-electron chi connectivity index (χ4n) is 4.33. The van der Waals surface area contributed by atoms with E-state index in [2.05, 4.69) is 31.2 Å². The fraction of sp³-hybridized carbons (Fsp3) is 0.458. The highest BCUT2D eigenvalue weighted by Crippen LogP contribution is 2.47. The number of carbonyl (C=O) groups is 1. The molecule has 2 nitrogen and oxygen atoms in total. The summed E-state index contributed by atoms with van der Waals surface area (Å²) in [5.74, 6) is 0.203. The molecule has 1 aliphatic rings. The highest BCUT2D eigenvalue weighted by Gasteiger charge is 2.45. The molecule has 2 atom stereocenters. The van der Waals surface area contributed by atoms with Gasteiger partial charge in [-0.25, -0.2) is 4.79 Å². The largest absolute Gasteiger partial charge is 0.450 e. The third-order valence-electron chi connectivity index (χ3n) is 5.71. The van der Waals surface area contributed by atoms with E-state index in [1.165, 1.54) is 25.7 Å². The summed E-state index contributed by atoms with van der Waals surface area (Å²) in [5.41, 5.74) is 1.31. The highest BCUT2D eigenvalue weighted by atomic mass is 16.6. The fourth-order valence-corrected chi connectivity index (χ4v) is 4.33. The summed E-state index contributed by atoms with van der Waals surface area (Å²) in [7, 11) is 0. The van der Waals surface area contributed by atoms with Crippen LogP contribution >= 0.6 is 0 Å². The number of unbranched alkanes of at least 4 members (excludes halogenated alkanes) is 2. The van der Waals surface area contributed by atoms with E-state index in [9.17, 15) is 4.79 Å². The van der Waals surface area contributed by atoms with Crippen molar-refractivity contribution < 1.29 is 9.53 Å². The molecule has 26 heavy (non-hydrogen) atoms. The number of carbonyl (C=O) groups excluding carboxylic acids is 1. The van der Waals surface area contributed by atoms with Crippen LogP contribution in [0.25, 0.3) is 0 Å². The first-order valence-electron chi connectivity index (χ1n) is 10.1. The van der Waals surface area contributed by atoms with Gasteiger partial charge < -0.3 is 4.74 Å². The third-order valence-corrected chi connectivity index (χ3v) is 5.71. The van der Waals surface area contributed by atoms with E-state index in [1.54, 1.807) is 0 Å². The summed E-state index contributed by atoms with van der Waals surface area (Å²) in [6, 6.07) is 19.8. The molecule has 0 aromatic heterocycles. The van der Waals surface area contributed by atoms with Crippen molar-refractivity contribution in [1.29, 1.82) is 0 Å². The van der Waals surface area contributed by atoms with Gasteiger partial charge in [-0.3, -0.25) is 0 Å². The molecule has 2 aromatic carbocycles. The van der Waals surface area contributed by atoms with E-state index in [4.69, 9.17) is 4.74 Å². The van der Waals surface area contributed by atoms with Crippen LogP contribution in [-0.4, -0.2) is 5.97 Å². The average molecular weight is 351 g/mol. The van der Waals surface area contributed by atoms with Crippen molar-refractivity contribution in [2.75, 3.05) is 0 Å². The Morgan fingerprint density at radius 1 is 1.00 bits per heavy atom. The maximum absolute atomic E-state index is 12.9. The van der Waals surface area contributed by atoms with Crippen LogP contribution in [0.3, 0.4) is 0 Å². The van der Waals surface area contributed by atoms with E-state index in [0.29, 0.717) is 11.5 Å². The Balaban J connectivity index is 1.91. The number of rotatable bonds is 7. The topological polar surface area (TPSA) is 26.3 Å². The average Bonchev–Trinajstić information content (AvgIpc) is 2.71. The lowest BCUT2D eigenvalue weighted by atomic mass is 9.69. The number of benzene rings is 2. The van der Waals surface area contributed by atoms with E-state index < -0.39 is 5.60 Å². The maximum Gasteiger partial charge on any atom is 0.339 e. The van der Waals surface area contributed by atoms with Crippen LogP contribution in [0.5, 0.6) is 0 Å². The van der Waals surface area contributed by atoms with Gasteiger partial charge in [-0.2, -0.15) is 0 Å². The molecular formula is C24H30O2. The zero-order valence-corrected chi connectivity index (χ0v) is 15.8. The van der Waals surface area contributed by atoms with E-state index in [1.807, 2.05) is 36.4 Å². The summed E-state index contributed by atoms with van der Waals surface area (Å²) in [5, 5.41) is 0. The minimum Gasteiger partial charge on any atom is -0.450 e. The first-order valence-corrected chi connectivity index (χ1v) is 10.1. The Bertz CT molecular complexity index is 680. The molecule has 0 heterocycles. The van der Waals surface area contributed by atoms with Gasteiger partial charge in [0.25, 0.3) is 0 Å². The van der Waals surface area contributed by atoms with Gasteiger partial charge >= 0.3 is 5.97 Å². The zero-order chi connectivity index (χ0) is 18.2. The Labute approximate surface area is 157 Å². The van der Waals surface area contributed by atoms with E-state index in [-0.39, 0.29) is 5.97 Å². The molecule has 1 aliphatic carbocycles. The van der Waals surface area contributed by atoms with E-state index in [0.717, 1.165) is 31.2 Å². The van der Waals surface area contributed by atoms with E-state index >= 15 is 0 Å². The molecule has 2 aromatic rings. The van der Waals surface area contributed by atoms with Crippen molar-refractivity contribution in [2.45, 2.75) is 63.9 Å². The van der Waals surface area contributed by atoms with Gasteiger partial charge in [-0.15, -0.1) is 0 Å². The van der Waals surface area contributed by atoms with Crippen molar-refractivity contribution in [1.82, 2.24) is 0 Å². The standard InChI is InChI=1S/C24H30O2/c1-2-3-6-15-21-18-11-12-19-24(21,22-16-9-5-10-17-22)26-23(25)20-13-7-4-8-14-20/h4-5,7-10,13-14,16-17,21H,2-3,6,11-12,15,18-19H2,1H3. The summed E-state index contributed by atoms with van der Waals surface area (Å²) in [6.07, 6.45) is 9.20. The zero-order valence-electron chi connectivity index (χ0n) is 15.8. The van der Waals surface area contributed by atoms with Crippen LogP contribution in [0.2, 0.25) is 0 Å². The molecule has 0 saturated heterocycles. The molecule has 2 heteroatoms. The first kappa shape index (κ1) is 18.7. The van der Waals surface area contributed by atoms with Crippen molar-refractivity contribution in [2.24, 2.45) is 5.92 Å². The molecule has 1 saturated carbocycles. The predicted molar refractivity (Wildman–Crippen MR) is 106 cm³/mol. The first-order chi connectivity index (χ1) is 12.8. The lowest BCUT2D eigenvalue weighted by Crippen LogP contribution is -2.42. The lowest BCUT2D eigenvalue weighted by molar-refractivity contribution is -0.0802. The van der Waals surface area contributed by atoms with Gasteiger partial charge in [0.05, 0.1) is 5.56 Å². The number of esters is 1. The predicted octanol–water partition coefficient (Wildman–Crippen LogP) is 6.51. The highest BCUT2D eigenvalue weighted by molar-refractivity contribution is 5.89. The SMILES string of the molecule is CCCCCC1CCCCC1(OC(=O)c1ccccc1)c1ccccc1. The summed E-state index contributed by atoms with van der Waals surface area (Å²) in [4.78, 5) is 12.9. The molecule has 0 bridgehead atoms. The molecule has 138 valence electrons. The quantitative estimate of drug-likeness (QED) is 0.420.